The summed E-state index contributed by atoms with van der Waals surface area (Å²) in [6.07, 6.45) is 5.66. The average molecular weight is 413 g/mol. The lowest BCUT2D eigenvalue weighted by molar-refractivity contribution is -0.140. The average Bonchev–Trinajstić information content (AvgIpc) is 3.25. The molecule has 162 valence electrons. The van der Waals surface area contributed by atoms with Crippen LogP contribution in [0.5, 0.6) is 5.75 Å². The zero-order valence-electron chi connectivity index (χ0n) is 18.0. The van der Waals surface area contributed by atoms with E-state index >= 15 is 0 Å². The molecule has 5 heteroatoms. The molecule has 1 aliphatic carbocycles. The van der Waals surface area contributed by atoms with E-state index in [1.807, 2.05) is 25.1 Å². The fraction of sp³-hybridized carbons (Fsp3) is 0.560. The van der Waals surface area contributed by atoms with Crippen molar-refractivity contribution in [2.24, 2.45) is 11.8 Å². The Morgan fingerprint density at radius 3 is 2.97 bits per heavy atom. The summed E-state index contributed by atoms with van der Waals surface area (Å²) < 4.78 is 11.0. The molecule has 3 rings (SSSR count). The van der Waals surface area contributed by atoms with Gasteiger partial charge in [-0.25, -0.2) is 0 Å². The van der Waals surface area contributed by atoms with Crippen LogP contribution >= 0.6 is 0 Å². The van der Waals surface area contributed by atoms with E-state index in [4.69, 9.17) is 9.47 Å². The van der Waals surface area contributed by atoms with Gasteiger partial charge in [-0.15, -0.1) is 11.8 Å². The Morgan fingerprint density at radius 1 is 1.43 bits per heavy atom. The molecule has 2 unspecified atom stereocenters. The summed E-state index contributed by atoms with van der Waals surface area (Å²) in [4.78, 5) is 11.4. The first-order valence-electron chi connectivity index (χ1n) is 10.8. The number of aryl methyl sites for hydroxylation is 1. The highest BCUT2D eigenvalue weighted by molar-refractivity contribution is 5.69. The van der Waals surface area contributed by atoms with Crippen LogP contribution in [0.25, 0.3) is 0 Å². The second-order valence-electron chi connectivity index (χ2n) is 8.31. The number of methoxy groups -OCH3 is 1. The van der Waals surface area contributed by atoms with Gasteiger partial charge in [0.15, 0.2) is 0 Å². The third-order valence-electron chi connectivity index (χ3n) is 6.26. The van der Waals surface area contributed by atoms with Gasteiger partial charge in [0, 0.05) is 36.7 Å². The van der Waals surface area contributed by atoms with Gasteiger partial charge in [0.25, 0.3) is 0 Å². The number of aliphatic hydroxyl groups is 2. The largest absolute Gasteiger partial charge is 0.489 e. The lowest BCUT2D eigenvalue weighted by atomic mass is 9.86. The Labute approximate surface area is 179 Å². The smallest absolute Gasteiger partial charge is 0.305 e. The second-order valence-corrected chi connectivity index (χ2v) is 8.31. The maximum Gasteiger partial charge on any atom is 0.305 e. The summed E-state index contributed by atoms with van der Waals surface area (Å²) in [6, 6.07) is 6.13. The second kappa shape index (κ2) is 10.1. The van der Waals surface area contributed by atoms with Gasteiger partial charge in [-0.05, 0) is 31.2 Å². The van der Waals surface area contributed by atoms with Crippen LogP contribution in [0, 0.1) is 23.7 Å². The first kappa shape index (κ1) is 22.4. The van der Waals surface area contributed by atoms with Gasteiger partial charge in [-0.3, -0.25) is 4.79 Å². The number of carbonyl (C=O) groups is 1. The number of fused-ring (bicyclic) bond motifs is 3. The highest BCUT2D eigenvalue weighted by Crippen LogP contribution is 2.52. The molecule has 0 amide bonds. The summed E-state index contributed by atoms with van der Waals surface area (Å²) >= 11 is 0. The van der Waals surface area contributed by atoms with Crippen LogP contribution in [0.4, 0.5) is 0 Å². The fourth-order valence-electron chi connectivity index (χ4n) is 4.51. The number of para-hydroxylation sites is 1. The molecule has 5 nitrogen and oxygen atoms in total. The zero-order chi connectivity index (χ0) is 21.7. The molecule has 2 N–H and O–H groups in total. The van der Waals surface area contributed by atoms with Gasteiger partial charge >= 0.3 is 5.97 Å². The molecular weight excluding hydrogens is 380 g/mol. The third-order valence-corrected chi connectivity index (χ3v) is 6.26. The molecule has 30 heavy (non-hydrogen) atoms. The number of esters is 1. The predicted molar refractivity (Wildman–Crippen MR) is 115 cm³/mol. The van der Waals surface area contributed by atoms with Crippen molar-refractivity contribution >= 4 is 5.97 Å². The monoisotopic (exact) mass is 412 g/mol. The van der Waals surface area contributed by atoms with Crippen molar-refractivity contribution in [2.45, 2.75) is 70.2 Å². The van der Waals surface area contributed by atoms with E-state index in [2.05, 4.69) is 17.9 Å². The molecule has 1 fully saturated rings. The topological polar surface area (TPSA) is 76.0 Å². The maximum absolute atomic E-state index is 11.4. The van der Waals surface area contributed by atoms with Gasteiger partial charge in [0.2, 0.25) is 0 Å². The van der Waals surface area contributed by atoms with Crippen molar-refractivity contribution in [3.8, 4) is 17.6 Å². The lowest BCUT2D eigenvalue weighted by Gasteiger charge is -2.19. The first-order chi connectivity index (χ1) is 14.5. The Bertz CT molecular complexity index is 834. The van der Waals surface area contributed by atoms with Crippen molar-refractivity contribution in [3.05, 3.63) is 41.5 Å². The van der Waals surface area contributed by atoms with Crippen LogP contribution in [0.3, 0.4) is 0 Å². The van der Waals surface area contributed by atoms with Gasteiger partial charge < -0.3 is 19.7 Å². The Kier molecular flexibility index (Phi) is 7.58. The minimum absolute atomic E-state index is 0.0385. The van der Waals surface area contributed by atoms with E-state index in [1.165, 1.54) is 7.11 Å². The Hall–Kier alpha value is -2.29. The quantitative estimate of drug-likeness (QED) is 0.389. The highest BCUT2D eigenvalue weighted by Gasteiger charge is 2.48. The molecule has 2 aliphatic rings. The van der Waals surface area contributed by atoms with Crippen LogP contribution in [0.15, 0.2) is 30.4 Å². The van der Waals surface area contributed by atoms with Crippen LogP contribution in [-0.2, 0) is 16.0 Å². The van der Waals surface area contributed by atoms with Gasteiger partial charge in [-0.1, -0.05) is 37.3 Å². The van der Waals surface area contributed by atoms with Crippen molar-refractivity contribution in [3.63, 3.8) is 0 Å². The molecule has 1 aliphatic heterocycles. The van der Waals surface area contributed by atoms with Crippen LogP contribution < -0.4 is 4.74 Å². The molecule has 0 bridgehead atoms. The minimum Gasteiger partial charge on any atom is -0.489 e. The molecular formula is C25H32O5. The summed E-state index contributed by atoms with van der Waals surface area (Å²) in [5.74, 6) is 6.58. The van der Waals surface area contributed by atoms with E-state index in [9.17, 15) is 15.0 Å². The predicted octanol–water partition coefficient (Wildman–Crippen LogP) is 3.37. The normalized spacial score (nSPS) is 26.3. The van der Waals surface area contributed by atoms with Gasteiger partial charge in [-0.2, -0.15) is 0 Å². The lowest BCUT2D eigenvalue weighted by Crippen LogP contribution is -2.19. The van der Waals surface area contributed by atoms with Crippen molar-refractivity contribution in [2.75, 3.05) is 7.11 Å². The Balaban J connectivity index is 1.73. The maximum atomic E-state index is 11.4. The van der Waals surface area contributed by atoms with E-state index in [1.54, 1.807) is 13.0 Å². The summed E-state index contributed by atoms with van der Waals surface area (Å²) in [5.41, 5.74) is 2.20. The molecule has 1 aromatic rings. The number of hydrogen-bond acceptors (Lipinski definition) is 5. The van der Waals surface area contributed by atoms with Crippen molar-refractivity contribution < 1.29 is 24.5 Å². The summed E-state index contributed by atoms with van der Waals surface area (Å²) in [6.45, 7) is 3.77. The standard InChI is InChI=1S/C25H32O5/c1-4-5-8-16(2)20(26)14-13-18-21(27)15-22-24(18)19-11-6-9-17(25(19)30-22)10-7-12-23(28)29-3/h6,9,11,13-14,16,18,20-22,24,26-27H,7-8,10,12,15H2,1-3H3/b14-13+/t16?,18?,20-,21-,22+,24+/m1/s1. The summed E-state index contributed by atoms with van der Waals surface area (Å²) in [7, 11) is 1.40. The zero-order valence-corrected chi connectivity index (χ0v) is 18.0. The Morgan fingerprint density at radius 2 is 2.23 bits per heavy atom. The minimum atomic E-state index is -0.594. The molecule has 0 spiro atoms. The summed E-state index contributed by atoms with van der Waals surface area (Å²) in [5, 5.41) is 21.1. The van der Waals surface area contributed by atoms with Crippen molar-refractivity contribution in [1.29, 1.82) is 0 Å². The van der Waals surface area contributed by atoms with E-state index < -0.39 is 12.2 Å². The van der Waals surface area contributed by atoms with E-state index in [0.717, 1.165) is 23.3 Å². The molecule has 0 saturated heterocycles. The number of aliphatic hydroxyl groups excluding tert-OH is 2. The number of ether oxygens (including phenoxy) is 2. The fourth-order valence-corrected chi connectivity index (χ4v) is 4.51. The molecule has 1 aromatic carbocycles. The number of carbonyl (C=O) groups excluding carboxylic acids is 1. The number of benzene rings is 1. The highest BCUT2D eigenvalue weighted by atomic mass is 16.5. The molecule has 6 atom stereocenters. The van der Waals surface area contributed by atoms with Crippen molar-refractivity contribution in [1.82, 2.24) is 0 Å². The molecule has 0 radical (unpaired) electrons. The van der Waals surface area contributed by atoms with Crippen LogP contribution in [0.2, 0.25) is 0 Å². The van der Waals surface area contributed by atoms with Crippen LogP contribution in [-0.4, -0.2) is 41.6 Å². The molecule has 0 aromatic heterocycles. The van der Waals surface area contributed by atoms with Gasteiger partial charge in [0.1, 0.15) is 11.9 Å². The third kappa shape index (κ3) is 4.88. The SMILES string of the molecule is CC#CCC(C)[C@H](O)/C=C/C1[C@H](O)C[C@@H]2Oc3c(CCCC(=O)OC)cccc3[C@H]12. The van der Waals surface area contributed by atoms with E-state index in [0.29, 0.717) is 25.7 Å². The first-order valence-corrected chi connectivity index (χ1v) is 10.8. The van der Waals surface area contributed by atoms with Gasteiger partial charge in [0.05, 0.1) is 19.3 Å². The number of rotatable bonds is 8. The van der Waals surface area contributed by atoms with Crippen LogP contribution in [0.1, 0.15) is 56.6 Å². The molecule has 1 saturated carbocycles. The number of hydrogen-bond donors (Lipinski definition) is 2. The molecule has 1 heterocycles. The van der Waals surface area contributed by atoms with E-state index in [-0.39, 0.29) is 29.8 Å².